The fraction of sp³-hybridized carbons (Fsp3) is 0.333. The summed E-state index contributed by atoms with van der Waals surface area (Å²) in [5.74, 6) is -0.223. The number of H-pyrrole nitrogens is 1. The number of benzene rings is 1. The lowest BCUT2D eigenvalue weighted by atomic mass is 9.87. The number of aromatic amines is 1. The number of nitrogens with one attached hydrogen (secondary N) is 1. The number of carbonyl (C=O) groups excluding carboxylic acids is 1. The number of nitrogen functional groups attached to an aromatic ring is 1. The number of piperidine rings is 1. The molecule has 0 radical (unpaired) electrons. The van der Waals surface area contributed by atoms with Crippen LogP contribution in [0, 0.1) is 0 Å². The normalized spacial score (nSPS) is 20.7. The maximum Gasteiger partial charge on any atom is 0.291 e. The summed E-state index contributed by atoms with van der Waals surface area (Å²) in [6.45, 7) is -0.0725. The first kappa shape index (κ1) is 25.5. The molecule has 5 aromatic rings. The highest BCUT2D eigenvalue weighted by molar-refractivity contribution is 7.91. The molecule has 1 amide bonds. The van der Waals surface area contributed by atoms with Crippen molar-refractivity contribution in [2.75, 3.05) is 12.0 Å². The minimum atomic E-state index is -3.76. The SMILES string of the molecule is CS(=O)(=O)c1c(C2CC3CCC(C2)N3C(=O)c2ncn[nH]2)nc2c(-c3cnc4cc(CO)ccc4c3)cnn2c1N. The van der Waals surface area contributed by atoms with Crippen molar-refractivity contribution in [1.29, 1.82) is 0 Å². The molecule has 0 saturated carbocycles. The second kappa shape index (κ2) is 9.31. The second-order valence-corrected chi connectivity index (χ2v) is 12.7. The molecule has 2 atom stereocenters. The first-order chi connectivity index (χ1) is 19.7. The Morgan fingerprint density at radius 2 is 1.93 bits per heavy atom. The van der Waals surface area contributed by atoms with Gasteiger partial charge in [-0.3, -0.25) is 14.9 Å². The van der Waals surface area contributed by atoms with Crippen molar-refractivity contribution in [1.82, 2.24) is 39.7 Å². The monoisotopic (exact) mass is 573 g/mol. The predicted molar refractivity (Wildman–Crippen MR) is 149 cm³/mol. The third kappa shape index (κ3) is 4.13. The van der Waals surface area contributed by atoms with Crippen molar-refractivity contribution in [3.8, 4) is 11.1 Å². The van der Waals surface area contributed by atoms with E-state index in [1.807, 2.05) is 29.2 Å². The summed E-state index contributed by atoms with van der Waals surface area (Å²) in [6.07, 6.45) is 8.48. The third-order valence-electron chi connectivity index (χ3n) is 8.25. The summed E-state index contributed by atoms with van der Waals surface area (Å²) < 4.78 is 27.5. The van der Waals surface area contributed by atoms with E-state index in [1.54, 1.807) is 12.4 Å². The van der Waals surface area contributed by atoms with Gasteiger partial charge in [0.05, 0.1) is 24.0 Å². The van der Waals surface area contributed by atoms with Gasteiger partial charge in [-0.2, -0.15) is 14.7 Å². The van der Waals surface area contributed by atoms with Gasteiger partial charge in [0, 0.05) is 47.0 Å². The molecule has 210 valence electrons. The maximum absolute atomic E-state index is 13.1. The number of rotatable bonds is 5. The van der Waals surface area contributed by atoms with Crippen molar-refractivity contribution >= 4 is 38.1 Å². The Morgan fingerprint density at radius 1 is 1.15 bits per heavy atom. The Hall–Kier alpha value is -4.43. The quantitative estimate of drug-likeness (QED) is 0.281. The molecule has 2 bridgehead atoms. The van der Waals surface area contributed by atoms with Crippen LogP contribution in [0.1, 0.15) is 53.5 Å². The molecule has 6 heterocycles. The van der Waals surface area contributed by atoms with Gasteiger partial charge in [0.1, 0.15) is 17.0 Å². The van der Waals surface area contributed by atoms with Crippen molar-refractivity contribution in [3.63, 3.8) is 0 Å². The lowest BCUT2D eigenvalue weighted by Crippen LogP contribution is -2.46. The molecular weight excluding hydrogens is 546 g/mol. The average Bonchev–Trinajstić information content (AvgIpc) is 3.70. The molecule has 1 aromatic carbocycles. The van der Waals surface area contributed by atoms with Gasteiger partial charge < -0.3 is 15.7 Å². The standard InChI is InChI=1S/C27H27N9O4S/c1-41(39,40)23-22(16-8-18-4-5-19(9-16)35(18)27(38)25-30-13-31-34-25)33-26-20(11-32-36(26)24(23)28)17-7-15-3-2-14(12-37)6-21(15)29-10-17/h2-3,6-7,10-11,13,16,18-19,37H,4-5,8-9,12,28H2,1H3,(H,30,31,34). The van der Waals surface area contributed by atoms with Gasteiger partial charge in [-0.25, -0.2) is 18.4 Å². The highest BCUT2D eigenvalue weighted by atomic mass is 32.2. The Morgan fingerprint density at radius 3 is 2.61 bits per heavy atom. The number of hydrogen-bond donors (Lipinski definition) is 3. The number of aliphatic hydroxyl groups excluding tert-OH is 1. The molecule has 2 saturated heterocycles. The van der Waals surface area contributed by atoms with Crippen LogP contribution in [0.15, 0.2) is 47.9 Å². The minimum absolute atomic E-state index is 0.00704. The molecule has 4 aromatic heterocycles. The lowest BCUT2D eigenvalue weighted by Gasteiger charge is -2.38. The fourth-order valence-corrected chi connectivity index (χ4v) is 7.51. The number of aromatic nitrogens is 7. The Labute approximate surface area is 234 Å². The average molecular weight is 574 g/mol. The van der Waals surface area contributed by atoms with Crippen LogP contribution in [0.3, 0.4) is 0 Å². The first-order valence-corrected chi connectivity index (χ1v) is 15.2. The van der Waals surface area contributed by atoms with Gasteiger partial charge in [0.2, 0.25) is 5.82 Å². The molecule has 2 aliphatic heterocycles. The Bertz CT molecular complexity index is 1920. The predicted octanol–water partition coefficient (Wildman–Crippen LogP) is 2.09. The van der Waals surface area contributed by atoms with E-state index in [9.17, 15) is 18.3 Å². The number of aliphatic hydroxyl groups is 1. The molecular formula is C27H27N9O4S. The number of anilines is 1. The van der Waals surface area contributed by atoms with E-state index < -0.39 is 9.84 Å². The van der Waals surface area contributed by atoms with Crippen LogP contribution < -0.4 is 5.73 Å². The summed E-state index contributed by atoms with van der Waals surface area (Å²) in [7, 11) is -3.76. The molecule has 4 N–H and O–H groups in total. The van der Waals surface area contributed by atoms with Crippen molar-refractivity contribution in [2.24, 2.45) is 0 Å². The van der Waals surface area contributed by atoms with E-state index in [1.165, 1.54) is 10.8 Å². The zero-order valence-corrected chi connectivity index (χ0v) is 22.9. The van der Waals surface area contributed by atoms with Crippen LogP contribution in [-0.2, 0) is 16.4 Å². The number of amides is 1. The number of fused-ring (bicyclic) bond motifs is 4. The van der Waals surface area contributed by atoms with Crippen LogP contribution in [0.2, 0.25) is 0 Å². The van der Waals surface area contributed by atoms with Crippen LogP contribution in [0.4, 0.5) is 5.82 Å². The largest absolute Gasteiger partial charge is 0.392 e. The van der Waals surface area contributed by atoms with Crippen molar-refractivity contribution < 1.29 is 18.3 Å². The van der Waals surface area contributed by atoms with Gasteiger partial charge in [0.25, 0.3) is 5.91 Å². The molecule has 14 heteroatoms. The van der Waals surface area contributed by atoms with Crippen LogP contribution in [0.25, 0.3) is 27.7 Å². The molecule has 0 aliphatic carbocycles. The lowest BCUT2D eigenvalue weighted by molar-refractivity contribution is 0.0556. The number of nitrogens with two attached hydrogens (primary N) is 1. The van der Waals surface area contributed by atoms with Crippen molar-refractivity contribution in [3.05, 3.63) is 60.1 Å². The fourth-order valence-electron chi connectivity index (χ4n) is 6.45. The summed E-state index contributed by atoms with van der Waals surface area (Å²) in [5, 5.41) is 21.2. The van der Waals surface area contributed by atoms with E-state index in [2.05, 4.69) is 25.3 Å². The number of pyridine rings is 1. The maximum atomic E-state index is 13.1. The summed E-state index contributed by atoms with van der Waals surface area (Å²) in [5.41, 5.74) is 10.3. The van der Waals surface area contributed by atoms with E-state index in [0.717, 1.165) is 41.1 Å². The molecule has 13 nitrogen and oxygen atoms in total. The Kier molecular flexibility index (Phi) is 5.80. The summed E-state index contributed by atoms with van der Waals surface area (Å²) in [4.78, 5) is 28.5. The number of sulfone groups is 1. The van der Waals surface area contributed by atoms with Gasteiger partial charge in [-0.1, -0.05) is 12.1 Å². The van der Waals surface area contributed by atoms with Crippen LogP contribution >= 0.6 is 0 Å². The number of carbonyl (C=O) groups is 1. The highest BCUT2D eigenvalue weighted by Gasteiger charge is 2.46. The van der Waals surface area contributed by atoms with Crippen LogP contribution in [-0.4, -0.2) is 77.4 Å². The second-order valence-electron chi connectivity index (χ2n) is 10.8. The zero-order chi connectivity index (χ0) is 28.5. The summed E-state index contributed by atoms with van der Waals surface area (Å²) in [6, 6.07) is 7.35. The molecule has 2 fully saturated rings. The molecule has 41 heavy (non-hydrogen) atoms. The highest BCUT2D eigenvalue weighted by Crippen LogP contribution is 2.45. The third-order valence-corrected chi connectivity index (χ3v) is 9.41. The van der Waals surface area contributed by atoms with E-state index >= 15 is 0 Å². The van der Waals surface area contributed by atoms with Gasteiger partial charge in [-0.05, 0) is 43.4 Å². The van der Waals surface area contributed by atoms with E-state index in [-0.39, 0.29) is 47.1 Å². The van der Waals surface area contributed by atoms with Gasteiger partial charge >= 0.3 is 0 Å². The molecule has 7 rings (SSSR count). The number of nitrogens with zero attached hydrogens (tertiary/aromatic N) is 7. The smallest absolute Gasteiger partial charge is 0.291 e. The Balaban J connectivity index is 1.32. The molecule has 0 spiro atoms. The first-order valence-electron chi connectivity index (χ1n) is 13.3. The molecule has 2 aliphatic rings. The van der Waals surface area contributed by atoms with Crippen LogP contribution in [0.5, 0.6) is 0 Å². The number of hydrogen-bond acceptors (Lipinski definition) is 10. The zero-order valence-electron chi connectivity index (χ0n) is 22.1. The van der Waals surface area contributed by atoms with Gasteiger partial charge in [-0.15, -0.1) is 0 Å². The minimum Gasteiger partial charge on any atom is -0.392 e. The molecule has 2 unspecified atom stereocenters. The summed E-state index contributed by atoms with van der Waals surface area (Å²) >= 11 is 0. The van der Waals surface area contributed by atoms with E-state index in [0.29, 0.717) is 29.7 Å². The van der Waals surface area contributed by atoms with E-state index in [4.69, 9.17) is 10.7 Å². The topological polar surface area (TPSA) is 185 Å². The van der Waals surface area contributed by atoms with Crippen molar-refractivity contribution in [2.45, 2.75) is 55.2 Å². The van der Waals surface area contributed by atoms with Gasteiger partial charge in [0.15, 0.2) is 15.5 Å².